The molecule has 0 fully saturated rings. The highest BCUT2D eigenvalue weighted by Gasteiger charge is 2.10. The predicted octanol–water partition coefficient (Wildman–Crippen LogP) is 5.38. The lowest BCUT2D eigenvalue weighted by Gasteiger charge is -2.13. The molecule has 0 heterocycles. The van der Waals surface area contributed by atoms with Crippen LogP contribution in [0.5, 0.6) is 5.75 Å². The number of nitrogens with one attached hydrogen (secondary N) is 1. The summed E-state index contributed by atoms with van der Waals surface area (Å²) in [4.78, 5) is 0. The molecule has 0 saturated carbocycles. The molecule has 1 N–H and O–H groups in total. The van der Waals surface area contributed by atoms with Crippen molar-refractivity contribution >= 4 is 34.8 Å². The molecular formula is C17H18Cl3NO. The Morgan fingerprint density at radius 3 is 2.41 bits per heavy atom. The summed E-state index contributed by atoms with van der Waals surface area (Å²) in [6.45, 7) is 4.00. The topological polar surface area (TPSA) is 21.3 Å². The van der Waals surface area contributed by atoms with Crippen LogP contribution in [0.4, 0.5) is 0 Å². The third kappa shape index (κ3) is 5.06. The first-order valence-electron chi connectivity index (χ1n) is 7.16. The molecule has 0 aliphatic rings. The van der Waals surface area contributed by atoms with Gasteiger partial charge in [-0.15, -0.1) is 0 Å². The van der Waals surface area contributed by atoms with Crippen molar-refractivity contribution in [3.8, 4) is 5.75 Å². The lowest BCUT2D eigenvalue weighted by Crippen LogP contribution is -2.17. The smallest absolute Gasteiger partial charge is 0.142 e. The fraction of sp³-hybridized carbons (Fsp3) is 0.294. The van der Waals surface area contributed by atoms with Crippen molar-refractivity contribution in [2.75, 3.05) is 13.2 Å². The van der Waals surface area contributed by atoms with Crippen molar-refractivity contribution in [1.29, 1.82) is 0 Å². The second-order valence-corrected chi connectivity index (χ2v) is 6.14. The third-order valence-corrected chi connectivity index (χ3v) is 3.94. The molecule has 0 aliphatic heterocycles. The summed E-state index contributed by atoms with van der Waals surface area (Å²) in [6, 6.07) is 11.5. The summed E-state index contributed by atoms with van der Waals surface area (Å²) in [7, 11) is 0. The predicted molar refractivity (Wildman–Crippen MR) is 94.5 cm³/mol. The minimum atomic E-state index is 0.545. The Balaban J connectivity index is 1.92. The van der Waals surface area contributed by atoms with E-state index in [1.54, 1.807) is 6.07 Å². The highest BCUT2D eigenvalue weighted by Crippen LogP contribution is 2.32. The van der Waals surface area contributed by atoms with Gasteiger partial charge in [0.25, 0.3) is 0 Å². The summed E-state index contributed by atoms with van der Waals surface area (Å²) in [5.41, 5.74) is 2.21. The molecule has 0 aromatic heterocycles. The van der Waals surface area contributed by atoms with Crippen LogP contribution in [0.2, 0.25) is 15.1 Å². The van der Waals surface area contributed by atoms with Gasteiger partial charge in [-0.3, -0.25) is 0 Å². The quantitative estimate of drug-likeness (QED) is 0.671. The number of rotatable bonds is 7. The largest absolute Gasteiger partial charge is 0.492 e. The Morgan fingerprint density at radius 1 is 1.00 bits per heavy atom. The number of ether oxygens (including phenoxy) is 1. The highest BCUT2D eigenvalue weighted by molar-refractivity contribution is 6.35. The molecule has 0 unspecified atom stereocenters. The number of hydrogen-bond donors (Lipinski definition) is 1. The van der Waals surface area contributed by atoms with Crippen molar-refractivity contribution in [2.24, 2.45) is 0 Å². The van der Waals surface area contributed by atoms with E-state index in [0.29, 0.717) is 28.9 Å². The molecule has 0 aliphatic carbocycles. The van der Waals surface area contributed by atoms with Gasteiger partial charge in [0.1, 0.15) is 5.75 Å². The first-order chi connectivity index (χ1) is 10.6. The van der Waals surface area contributed by atoms with Crippen LogP contribution in [-0.2, 0) is 13.0 Å². The highest BCUT2D eigenvalue weighted by atomic mass is 35.5. The molecule has 5 heteroatoms. The second kappa shape index (κ2) is 8.64. The van der Waals surface area contributed by atoms with Crippen LogP contribution in [0, 0.1) is 0 Å². The fourth-order valence-electron chi connectivity index (χ4n) is 2.16. The van der Waals surface area contributed by atoms with Crippen molar-refractivity contribution in [3.05, 3.63) is 62.6 Å². The number of halogens is 3. The van der Waals surface area contributed by atoms with Gasteiger partial charge in [-0.05, 0) is 49.7 Å². The van der Waals surface area contributed by atoms with Crippen LogP contribution in [0.3, 0.4) is 0 Å². The summed E-state index contributed by atoms with van der Waals surface area (Å²) in [5, 5.41) is 5.30. The Kier molecular flexibility index (Phi) is 6.84. The Bertz CT molecular complexity index is 614. The Hall–Kier alpha value is -0.930. The van der Waals surface area contributed by atoms with E-state index in [9.17, 15) is 0 Å². The van der Waals surface area contributed by atoms with E-state index in [2.05, 4.69) is 5.32 Å². The van der Waals surface area contributed by atoms with Crippen LogP contribution in [0.25, 0.3) is 0 Å². The molecule has 0 spiro atoms. The third-order valence-electron chi connectivity index (χ3n) is 3.19. The molecule has 2 nitrogen and oxygen atoms in total. The van der Waals surface area contributed by atoms with Crippen LogP contribution >= 0.6 is 34.8 Å². The lowest BCUT2D eigenvalue weighted by atomic mass is 10.1. The van der Waals surface area contributed by atoms with Gasteiger partial charge >= 0.3 is 0 Å². The molecule has 0 amide bonds. The van der Waals surface area contributed by atoms with Crippen molar-refractivity contribution < 1.29 is 4.74 Å². The van der Waals surface area contributed by atoms with Crippen LogP contribution in [-0.4, -0.2) is 13.2 Å². The van der Waals surface area contributed by atoms with Crippen molar-refractivity contribution in [2.45, 2.75) is 19.9 Å². The molecule has 2 aromatic carbocycles. The van der Waals surface area contributed by atoms with Crippen LogP contribution in [0.15, 0.2) is 36.4 Å². The van der Waals surface area contributed by atoms with Gasteiger partial charge in [0.05, 0.1) is 11.6 Å². The summed E-state index contributed by atoms with van der Waals surface area (Å²) < 4.78 is 5.61. The van der Waals surface area contributed by atoms with Crippen LogP contribution < -0.4 is 10.1 Å². The van der Waals surface area contributed by atoms with Gasteiger partial charge in [-0.2, -0.15) is 0 Å². The van der Waals surface area contributed by atoms with E-state index in [1.165, 1.54) is 5.56 Å². The minimum absolute atomic E-state index is 0.545. The standard InChI is InChI=1S/C17H18Cl3NO/c1-2-22-17-13(9-15(19)10-16(17)20)11-21-8-7-12-3-5-14(18)6-4-12/h3-6,9-10,21H,2,7-8,11H2,1H3. The molecule has 0 saturated heterocycles. The molecule has 0 atom stereocenters. The molecule has 118 valence electrons. The van der Waals surface area contributed by atoms with E-state index in [4.69, 9.17) is 39.5 Å². The molecule has 2 aromatic rings. The average Bonchev–Trinajstić information content (AvgIpc) is 2.48. The van der Waals surface area contributed by atoms with Gasteiger partial charge < -0.3 is 10.1 Å². The van der Waals surface area contributed by atoms with Crippen molar-refractivity contribution in [3.63, 3.8) is 0 Å². The van der Waals surface area contributed by atoms with E-state index < -0.39 is 0 Å². The molecular weight excluding hydrogens is 341 g/mol. The molecule has 0 bridgehead atoms. The fourth-order valence-corrected chi connectivity index (χ4v) is 2.87. The Morgan fingerprint density at radius 2 is 1.73 bits per heavy atom. The first-order valence-corrected chi connectivity index (χ1v) is 8.29. The van der Waals surface area contributed by atoms with Gasteiger partial charge in [0.15, 0.2) is 0 Å². The second-order valence-electron chi connectivity index (χ2n) is 4.86. The first kappa shape index (κ1) is 17.4. The summed E-state index contributed by atoms with van der Waals surface area (Å²) in [6.07, 6.45) is 0.926. The van der Waals surface area contributed by atoms with Crippen LogP contribution in [0.1, 0.15) is 18.1 Å². The van der Waals surface area contributed by atoms with E-state index in [1.807, 2.05) is 37.3 Å². The zero-order valence-corrected chi connectivity index (χ0v) is 14.6. The van der Waals surface area contributed by atoms with E-state index in [-0.39, 0.29) is 0 Å². The molecule has 2 rings (SSSR count). The van der Waals surface area contributed by atoms with Gasteiger partial charge in [0.2, 0.25) is 0 Å². The zero-order chi connectivity index (χ0) is 15.9. The number of benzene rings is 2. The zero-order valence-electron chi connectivity index (χ0n) is 12.3. The van der Waals surface area contributed by atoms with E-state index in [0.717, 1.165) is 23.6 Å². The normalized spacial score (nSPS) is 10.7. The van der Waals surface area contributed by atoms with Crippen molar-refractivity contribution in [1.82, 2.24) is 5.32 Å². The SMILES string of the molecule is CCOc1c(Cl)cc(Cl)cc1CNCCc1ccc(Cl)cc1. The summed E-state index contributed by atoms with van der Waals surface area (Å²) >= 11 is 18.1. The van der Waals surface area contributed by atoms with Gasteiger partial charge in [0, 0.05) is 22.2 Å². The molecule has 0 radical (unpaired) electrons. The maximum Gasteiger partial charge on any atom is 0.142 e. The minimum Gasteiger partial charge on any atom is -0.492 e. The van der Waals surface area contributed by atoms with Gasteiger partial charge in [-0.1, -0.05) is 46.9 Å². The maximum atomic E-state index is 6.19. The van der Waals surface area contributed by atoms with E-state index >= 15 is 0 Å². The molecule has 22 heavy (non-hydrogen) atoms. The summed E-state index contributed by atoms with van der Waals surface area (Å²) in [5.74, 6) is 0.701. The lowest BCUT2D eigenvalue weighted by molar-refractivity contribution is 0.336. The Labute approximate surface area is 146 Å². The number of hydrogen-bond acceptors (Lipinski definition) is 2. The van der Waals surface area contributed by atoms with Gasteiger partial charge in [-0.25, -0.2) is 0 Å². The maximum absolute atomic E-state index is 6.19. The average molecular weight is 359 g/mol. The monoisotopic (exact) mass is 357 g/mol.